The van der Waals surface area contributed by atoms with Crippen LogP contribution in [0.5, 0.6) is 0 Å². The average molecular weight is 311 g/mol. The smallest absolute Gasteiger partial charge is 0.334 e. The summed E-state index contributed by atoms with van der Waals surface area (Å²) in [5.74, 6) is 0. The van der Waals surface area contributed by atoms with Crippen molar-refractivity contribution in [3.05, 3.63) is 72.6 Å². The van der Waals surface area contributed by atoms with Crippen LogP contribution in [0.25, 0.3) is 5.69 Å². The number of aromatic nitrogens is 2. The van der Waals surface area contributed by atoms with Crippen molar-refractivity contribution in [1.29, 1.82) is 0 Å². The Bertz CT molecular complexity index is 728. The number of imidazole rings is 1. The fourth-order valence-corrected chi connectivity index (χ4v) is 3.38. The first kappa shape index (κ1) is 14.8. The molecule has 0 bridgehead atoms. The van der Waals surface area contributed by atoms with Crippen molar-refractivity contribution in [1.82, 2.24) is 14.9 Å². The fourth-order valence-electron chi connectivity index (χ4n) is 2.23. The fraction of sp³-hybridized carbons (Fsp3) is 0.118. The van der Waals surface area contributed by atoms with Crippen LogP contribution in [0.2, 0.25) is 0 Å². The van der Waals surface area contributed by atoms with Crippen molar-refractivity contribution in [3.8, 4) is 5.69 Å². The SMILES string of the molecule is CNCc1cn(-c2ccccc2)c([S+]([O-])c2ccccc2)n1. The van der Waals surface area contributed by atoms with Crippen molar-refractivity contribution in [2.24, 2.45) is 0 Å². The molecule has 0 aliphatic heterocycles. The van der Waals surface area contributed by atoms with E-state index in [4.69, 9.17) is 0 Å². The molecule has 3 rings (SSSR count). The van der Waals surface area contributed by atoms with Crippen LogP contribution in [0.1, 0.15) is 5.69 Å². The zero-order valence-electron chi connectivity index (χ0n) is 12.3. The van der Waals surface area contributed by atoms with Crippen molar-refractivity contribution in [2.45, 2.75) is 16.6 Å². The van der Waals surface area contributed by atoms with Gasteiger partial charge in [-0.3, -0.25) is 4.57 Å². The molecule has 1 N–H and O–H groups in total. The Balaban J connectivity index is 2.06. The van der Waals surface area contributed by atoms with E-state index < -0.39 is 11.2 Å². The summed E-state index contributed by atoms with van der Waals surface area (Å²) in [7, 11) is 1.87. The maximum absolute atomic E-state index is 12.9. The van der Waals surface area contributed by atoms with Crippen LogP contribution in [0.15, 0.2) is 76.9 Å². The Morgan fingerprint density at radius 2 is 1.68 bits per heavy atom. The van der Waals surface area contributed by atoms with Crippen LogP contribution in [0.4, 0.5) is 0 Å². The molecule has 1 atom stereocenters. The Labute approximate surface area is 133 Å². The van der Waals surface area contributed by atoms with Gasteiger partial charge < -0.3 is 9.87 Å². The number of hydrogen-bond donors (Lipinski definition) is 1. The summed E-state index contributed by atoms with van der Waals surface area (Å²) < 4.78 is 14.8. The molecule has 2 aromatic carbocycles. The lowest BCUT2D eigenvalue weighted by atomic mass is 10.3. The lowest BCUT2D eigenvalue weighted by Crippen LogP contribution is -2.10. The Hall–Kier alpha value is -2.08. The number of para-hydroxylation sites is 1. The first-order valence-corrected chi connectivity index (χ1v) is 8.19. The molecule has 0 saturated heterocycles. The zero-order chi connectivity index (χ0) is 15.4. The van der Waals surface area contributed by atoms with Gasteiger partial charge in [-0.1, -0.05) is 36.4 Å². The molecule has 5 heteroatoms. The molecule has 1 heterocycles. The molecule has 0 radical (unpaired) electrons. The molecule has 3 aromatic rings. The van der Waals surface area contributed by atoms with E-state index in [0.717, 1.165) is 16.3 Å². The molecular weight excluding hydrogens is 294 g/mol. The summed E-state index contributed by atoms with van der Waals surface area (Å²) in [6.07, 6.45) is 1.93. The van der Waals surface area contributed by atoms with Crippen molar-refractivity contribution in [3.63, 3.8) is 0 Å². The number of hydrogen-bond acceptors (Lipinski definition) is 3. The number of benzene rings is 2. The van der Waals surface area contributed by atoms with Crippen molar-refractivity contribution in [2.75, 3.05) is 7.05 Å². The first-order valence-electron chi connectivity index (χ1n) is 7.04. The Morgan fingerprint density at radius 1 is 1.05 bits per heavy atom. The maximum Gasteiger partial charge on any atom is 0.334 e. The van der Waals surface area contributed by atoms with Crippen LogP contribution in [0.3, 0.4) is 0 Å². The van der Waals surface area contributed by atoms with Gasteiger partial charge in [0.1, 0.15) is 0 Å². The molecule has 0 saturated carbocycles. The van der Waals surface area contributed by atoms with Gasteiger partial charge in [0.05, 0.1) is 22.6 Å². The van der Waals surface area contributed by atoms with Gasteiger partial charge in [0.25, 0.3) is 0 Å². The molecule has 112 valence electrons. The second-order valence-corrected chi connectivity index (χ2v) is 6.21. The monoisotopic (exact) mass is 311 g/mol. The van der Waals surface area contributed by atoms with Gasteiger partial charge in [-0.15, -0.1) is 0 Å². The average Bonchev–Trinajstić information content (AvgIpc) is 3.00. The third kappa shape index (κ3) is 3.06. The van der Waals surface area contributed by atoms with E-state index >= 15 is 0 Å². The lowest BCUT2D eigenvalue weighted by molar-refractivity contribution is 0.583. The second-order valence-electron chi connectivity index (χ2n) is 4.83. The molecule has 0 fully saturated rings. The van der Waals surface area contributed by atoms with Crippen molar-refractivity contribution >= 4 is 11.2 Å². The minimum atomic E-state index is -1.32. The van der Waals surface area contributed by atoms with Crippen LogP contribution in [-0.4, -0.2) is 21.2 Å². The predicted molar refractivity (Wildman–Crippen MR) is 87.4 cm³/mol. The van der Waals surface area contributed by atoms with Crippen LogP contribution in [-0.2, 0) is 17.7 Å². The first-order chi connectivity index (χ1) is 10.8. The van der Waals surface area contributed by atoms with Gasteiger partial charge in [-0.2, -0.15) is 4.98 Å². The number of nitrogens with one attached hydrogen (secondary N) is 1. The van der Waals surface area contributed by atoms with E-state index in [1.165, 1.54) is 0 Å². The molecule has 0 aliphatic carbocycles. The van der Waals surface area contributed by atoms with Crippen LogP contribution >= 0.6 is 0 Å². The molecule has 0 aliphatic rings. The molecule has 0 amide bonds. The minimum absolute atomic E-state index is 0.544. The summed E-state index contributed by atoms with van der Waals surface area (Å²) in [5, 5.41) is 3.62. The van der Waals surface area contributed by atoms with Gasteiger partial charge in [0.2, 0.25) is 0 Å². The highest BCUT2D eigenvalue weighted by Gasteiger charge is 2.23. The molecule has 1 unspecified atom stereocenters. The highest BCUT2D eigenvalue weighted by molar-refractivity contribution is 7.91. The maximum atomic E-state index is 12.9. The van der Waals surface area contributed by atoms with Gasteiger partial charge in [-0.05, 0) is 31.3 Å². The van der Waals surface area contributed by atoms with Gasteiger partial charge >= 0.3 is 5.16 Å². The summed E-state index contributed by atoms with van der Waals surface area (Å²) in [6, 6.07) is 19.3. The normalized spacial score (nSPS) is 12.3. The summed E-state index contributed by atoms with van der Waals surface area (Å²) in [5.41, 5.74) is 1.82. The topological polar surface area (TPSA) is 52.9 Å². The highest BCUT2D eigenvalue weighted by Crippen LogP contribution is 2.23. The minimum Gasteiger partial charge on any atom is -0.604 e. The Morgan fingerprint density at radius 3 is 2.32 bits per heavy atom. The molecule has 0 spiro atoms. The third-order valence-electron chi connectivity index (χ3n) is 3.24. The van der Waals surface area contributed by atoms with Crippen LogP contribution in [0, 0.1) is 0 Å². The van der Waals surface area contributed by atoms with E-state index in [1.807, 2.05) is 78.5 Å². The number of rotatable bonds is 5. The summed E-state index contributed by atoms with van der Waals surface area (Å²) in [4.78, 5) is 5.30. The number of nitrogens with zero attached hydrogens (tertiary/aromatic N) is 2. The Kier molecular flexibility index (Phi) is 4.58. The largest absolute Gasteiger partial charge is 0.604 e. The second kappa shape index (κ2) is 6.79. The summed E-state index contributed by atoms with van der Waals surface area (Å²) >= 11 is -1.32. The van der Waals surface area contributed by atoms with E-state index in [9.17, 15) is 4.55 Å². The van der Waals surface area contributed by atoms with E-state index in [2.05, 4.69) is 10.3 Å². The zero-order valence-corrected chi connectivity index (χ0v) is 13.1. The highest BCUT2D eigenvalue weighted by atomic mass is 32.2. The van der Waals surface area contributed by atoms with Gasteiger partial charge in [0.15, 0.2) is 4.90 Å². The van der Waals surface area contributed by atoms with E-state index in [1.54, 1.807) is 0 Å². The van der Waals surface area contributed by atoms with Crippen LogP contribution < -0.4 is 5.32 Å². The van der Waals surface area contributed by atoms with E-state index in [-0.39, 0.29) is 0 Å². The molecule has 4 nitrogen and oxygen atoms in total. The quantitative estimate of drug-likeness (QED) is 0.737. The molecule has 1 aromatic heterocycles. The van der Waals surface area contributed by atoms with Gasteiger partial charge in [-0.25, -0.2) is 0 Å². The predicted octanol–water partition coefficient (Wildman–Crippen LogP) is 2.76. The molecule has 22 heavy (non-hydrogen) atoms. The van der Waals surface area contributed by atoms with E-state index in [0.29, 0.717) is 11.7 Å². The van der Waals surface area contributed by atoms with Gasteiger partial charge in [0, 0.05) is 12.7 Å². The summed E-state index contributed by atoms with van der Waals surface area (Å²) in [6.45, 7) is 0.638. The third-order valence-corrected chi connectivity index (χ3v) is 4.56. The standard InChI is InChI=1S/C17H17N3OS/c1-18-12-14-13-20(15-8-4-2-5-9-15)17(19-14)22(21)16-10-6-3-7-11-16/h2-11,13,18H,12H2,1H3. The lowest BCUT2D eigenvalue weighted by Gasteiger charge is -2.10. The molecular formula is C17H17N3OS. The van der Waals surface area contributed by atoms with Crippen molar-refractivity contribution < 1.29 is 4.55 Å².